The van der Waals surface area contributed by atoms with Crippen molar-refractivity contribution in [1.29, 1.82) is 0 Å². The van der Waals surface area contributed by atoms with Crippen LogP contribution in [0, 0.1) is 0 Å². The number of carbonyl (C=O) groups is 1. The van der Waals surface area contributed by atoms with Crippen molar-refractivity contribution in [3.05, 3.63) is 74.0 Å². The minimum atomic E-state index is -0.482. The number of carbonyl (C=O) groups excluding carboxylic acids is 1. The monoisotopic (exact) mass is 372 g/mol. The van der Waals surface area contributed by atoms with Crippen LogP contribution in [0.5, 0.6) is 0 Å². The lowest BCUT2D eigenvalue weighted by atomic mass is 10.1. The van der Waals surface area contributed by atoms with Gasteiger partial charge in [-0.05, 0) is 43.2 Å². The fourth-order valence-electron chi connectivity index (χ4n) is 3.36. The van der Waals surface area contributed by atoms with Crippen molar-refractivity contribution in [2.45, 2.75) is 19.4 Å². The second-order valence-corrected chi connectivity index (χ2v) is 7.07. The van der Waals surface area contributed by atoms with E-state index in [9.17, 15) is 9.59 Å². The third-order valence-electron chi connectivity index (χ3n) is 4.55. The second-order valence-electron chi connectivity index (χ2n) is 6.22. The van der Waals surface area contributed by atoms with Crippen LogP contribution in [0.1, 0.15) is 28.9 Å². The van der Waals surface area contributed by atoms with Gasteiger partial charge in [0.1, 0.15) is 5.56 Å². The molecule has 6 heteroatoms. The smallest absolute Gasteiger partial charge is 0.261 e. The van der Waals surface area contributed by atoms with Gasteiger partial charge in [-0.2, -0.15) is 0 Å². The molecule has 2 aromatic carbocycles. The van der Waals surface area contributed by atoms with Gasteiger partial charge in [0.15, 0.2) is 0 Å². The first-order chi connectivity index (χ1) is 12.0. The summed E-state index contributed by atoms with van der Waals surface area (Å²) in [6.07, 6.45) is 2.50. The van der Waals surface area contributed by atoms with Crippen LogP contribution in [-0.2, 0) is 6.42 Å². The number of benzene rings is 2. The summed E-state index contributed by atoms with van der Waals surface area (Å²) in [7, 11) is 0. The summed E-state index contributed by atoms with van der Waals surface area (Å²) in [4.78, 5) is 25.5. The lowest BCUT2D eigenvalue weighted by Crippen LogP contribution is -2.23. The molecule has 1 amide bonds. The average Bonchev–Trinajstić information content (AvgIpc) is 2.89. The minimum Gasteiger partial charge on any atom is -0.343 e. The van der Waals surface area contributed by atoms with E-state index in [1.165, 1.54) is 0 Å². The fraction of sp³-hybridized carbons (Fsp3) is 0.158. The van der Waals surface area contributed by atoms with E-state index >= 15 is 0 Å². The molecule has 1 atom stereocenters. The molecule has 1 aliphatic heterocycles. The van der Waals surface area contributed by atoms with Crippen LogP contribution in [0.4, 0.5) is 5.69 Å². The molecule has 25 heavy (non-hydrogen) atoms. The number of para-hydroxylation sites is 1. The lowest BCUT2D eigenvalue weighted by Gasteiger charge is -2.13. The maximum Gasteiger partial charge on any atom is 0.261 e. The van der Waals surface area contributed by atoms with Crippen LogP contribution in [0.15, 0.2) is 47.4 Å². The van der Waals surface area contributed by atoms with E-state index in [1.807, 2.05) is 16.7 Å². The summed E-state index contributed by atoms with van der Waals surface area (Å²) in [5, 5.41) is 4.06. The zero-order valence-electron chi connectivity index (χ0n) is 13.3. The number of hydrogen-bond acceptors (Lipinski definition) is 2. The molecule has 2 heterocycles. The van der Waals surface area contributed by atoms with Crippen LogP contribution in [0.25, 0.3) is 10.9 Å². The van der Waals surface area contributed by atoms with Crippen molar-refractivity contribution in [1.82, 2.24) is 4.57 Å². The van der Waals surface area contributed by atoms with E-state index in [2.05, 4.69) is 12.2 Å². The molecule has 0 aliphatic carbocycles. The normalized spacial score (nSPS) is 15.6. The van der Waals surface area contributed by atoms with Crippen molar-refractivity contribution in [3.63, 3.8) is 0 Å². The van der Waals surface area contributed by atoms with E-state index in [1.54, 1.807) is 30.5 Å². The number of nitrogens with zero attached hydrogens (tertiary/aromatic N) is 1. The van der Waals surface area contributed by atoms with Gasteiger partial charge in [0.05, 0.1) is 16.2 Å². The first kappa shape index (κ1) is 16.2. The number of pyridine rings is 1. The van der Waals surface area contributed by atoms with Gasteiger partial charge in [-0.1, -0.05) is 35.3 Å². The Morgan fingerprint density at radius 2 is 2.04 bits per heavy atom. The number of aromatic nitrogens is 1. The van der Waals surface area contributed by atoms with Gasteiger partial charge in [-0.15, -0.1) is 0 Å². The highest BCUT2D eigenvalue weighted by Crippen LogP contribution is 2.31. The van der Waals surface area contributed by atoms with Crippen LogP contribution in [0.2, 0.25) is 10.0 Å². The molecule has 0 radical (unpaired) electrons. The zero-order valence-corrected chi connectivity index (χ0v) is 14.9. The maximum absolute atomic E-state index is 12.8. The predicted molar refractivity (Wildman–Crippen MR) is 101 cm³/mol. The third-order valence-corrected chi connectivity index (χ3v) is 5.10. The lowest BCUT2D eigenvalue weighted by molar-refractivity contribution is 0.102. The Kier molecular flexibility index (Phi) is 3.82. The summed E-state index contributed by atoms with van der Waals surface area (Å²) in [6.45, 7) is 2.07. The Morgan fingerprint density at radius 3 is 2.80 bits per heavy atom. The van der Waals surface area contributed by atoms with E-state index in [0.29, 0.717) is 21.1 Å². The predicted octanol–water partition coefficient (Wildman–Crippen LogP) is 4.68. The molecule has 4 nitrogen and oxygen atoms in total. The highest BCUT2D eigenvalue weighted by molar-refractivity contribution is 6.36. The molecule has 1 aromatic heterocycles. The van der Waals surface area contributed by atoms with Crippen LogP contribution in [-0.4, -0.2) is 10.5 Å². The molecule has 3 aromatic rings. The summed E-state index contributed by atoms with van der Waals surface area (Å²) in [5.41, 5.74) is 2.30. The standard InChI is InChI=1S/C19H14Cl2N2O2/c1-10-7-11-3-2-4-13-17(11)23(10)9-14(18(13)24)19(25)22-16-6-5-12(20)8-15(16)21/h2-6,8-10H,7H2,1H3,(H,22,25)/t10-/m0/s1. The van der Waals surface area contributed by atoms with Gasteiger partial charge in [-0.3, -0.25) is 9.59 Å². The van der Waals surface area contributed by atoms with E-state index in [-0.39, 0.29) is 17.0 Å². The van der Waals surface area contributed by atoms with Crippen molar-refractivity contribution < 1.29 is 4.79 Å². The highest BCUT2D eigenvalue weighted by Gasteiger charge is 2.24. The van der Waals surface area contributed by atoms with Gasteiger partial charge < -0.3 is 9.88 Å². The van der Waals surface area contributed by atoms with Gasteiger partial charge in [0, 0.05) is 22.6 Å². The summed E-state index contributed by atoms with van der Waals surface area (Å²) < 4.78 is 2.00. The Morgan fingerprint density at radius 1 is 1.24 bits per heavy atom. The van der Waals surface area contributed by atoms with E-state index < -0.39 is 5.91 Å². The molecular weight excluding hydrogens is 359 g/mol. The van der Waals surface area contributed by atoms with Crippen LogP contribution < -0.4 is 10.7 Å². The van der Waals surface area contributed by atoms with Crippen LogP contribution in [0.3, 0.4) is 0 Å². The van der Waals surface area contributed by atoms with Gasteiger partial charge >= 0.3 is 0 Å². The number of nitrogens with one attached hydrogen (secondary N) is 1. The number of rotatable bonds is 2. The number of amides is 1. The molecule has 0 spiro atoms. The SMILES string of the molecule is C[C@H]1Cc2cccc3c(=O)c(C(=O)Nc4ccc(Cl)cc4Cl)cn1c23. The Labute approximate surface area is 154 Å². The minimum absolute atomic E-state index is 0.101. The van der Waals surface area contributed by atoms with E-state index in [4.69, 9.17) is 23.2 Å². The quantitative estimate of drug-likeness (QED) is 0.709. The molecule has 0 unspecified atom stereocenters. The largest absolute Gasteiger partial charge is 0.343 e. The molecule has 0 saturated carbocycles. The molecule has 1 N–H and O–H groups in total. The first-order valence-electron chi connectivity index (χ1n) is 7.89. The summed E-state index contributed by atoms with van der Waals surface area (Å²) >= 11 is 12.0. The molecule has 0 bridgehead atoms. The van der Waals surface area contributed by atoms with Crippen molar-refractivity contribution in [3.8, 4) is 0 Å². The number of anilines is 1. The molecular formula is C19H14Cl2N2O2. The van der Waals surface area contributed by atoms with E-state index in [0.717, 1.165) is 17.5 Å². The highest BCUT2D eigenvalue weighted by atomic mass is 35.5. The zero-order chi connectivity index (χ0) is 17.7. The summed E-state index contributed by atoms with van der Waals surface area (Å²) in [6, 6.07) is 10.6. The second kappa shape index (κ2) is 5.90. The molecule has 4 rings (SSSR count). The molecule has 126 valence electrons. The topological polar surface area (TPSA) is 51.1 Å². The Hall–Kier alpha value is -2.30. The fourth-order valence-corrected chi connectivity index (χ4v) is 3.81. The van der Waals surface area contributed by atoms with Crippen LogP contribution >= 0.6 is 23.2 Å². The molecule has 1 aliphatic rings. The third kappa shape index (κ3) is 2.62. The first-order valence-corrected chi connectivity index (χ1v) is 8.64. The Bertz CT molecular complexity index is 1090. The molecule has 0 saturated heterocycles. The number of halogens is 2. The van der Waals surface area contributed by atoms with Gasteiger partial charge in [-0.25, -0.2) is 0 Å². The van der Waals surface area contributed by atoms with Crippen molar-refractivity contribution in [2.75, 3.05) is 5.32 Å². The summed E-state index contributed by atoms with van der Waals surface area (Å²) in [5.74, 6) is -0.482. The van der Waals surface area contributed by atoms with Crippen molar-refractivity contribution >= 4 is 45.7 Å². The maximum atomic E-state index is 12.8. The van der Waals surface area contributed by atoms with Gasteiger partial charge in [0.2, 0.25) is 5.43 Å². The van der Waals surface area contributed by atoms with Crippen molar-refractivity contribution in [2.24, 2.45) is 0 Å². The number of hydrogen-bond donors (Lipinski definition) is 1. The average molecular weight is 373 g/mol. The molecule has 0 fully saturated rings. The van der Waals surface area contributed by atoms with Gasteiger partial charge in [0.25, 0.3) is 5.91 Å². The Balaban J connectivity index is 1.81.